The molecule has 0 bridgehead atoms. The van der Waals surface area contributed by atoms with Crippen molar-refractivity contribution in [2.24, 2.45) is 0 Å². The van der Waals surface area contributed by atoms with Crippen molar-refractivity contribution in [3.8, 4) is 11.5 Å². The van der Waals surface area contributed by atoms with E-state index in [2.05, 4.69) is 22.1 Å². The maximum Gasteiger partial charge on any atom is 0.277 e. The normalized spacial score (nSPS) is 11.8. The number of carbonyl (C=O) groups is 1. The molecule has 1 N–H and O–H groups in total. The lowest BCUT2D eigenvalue weighted by atomic mass is 10.2. The molecule has 0 aliphatic heterocycles. The number of nitrogens with one attached hydrogen (secondary N) is 1. The van der Waals surface area contributed by atoms with Crippen molar-refractivity contribution in [2.75, 3.05) is 6.54 Å². The molecule has 1 unspecified atom stereocenters. The highest BCUT2D eigenvalue weighted by atomic mass is 32.2. The fourth-order valence-electron chi connectivity index (χ4n) is 1.48. The SMILES string of the molecule is C=CCNC(=O)C(C)Sc1nnc(-c2ccccc2)o1. The average Bonchev–Trinajstić information content (AvgIpc) is 2.94. The number of hydrogen-bond donors (Lipinski definition) is 1. The predicted octanol–water partition coefficient (Wildman–Crippen LogP) is 2.52. The summed E-state index contributed by atoms with van der Waals surface area (Å²) < 4.78 is 5.54. The molecule has 0 radical (unpaired) electrons. The maximum absolute atomic E-state index is 11.7. The second-order valence-corrected chi connectivity index (χ2v) is 5.33. The third kappa shape index (κ3) is 3.71. The Kier molecular flexibility index (Phi) is 4.95. The molecule has 0 aliphatic carbocycles. The Hall–Kier alpha value is -2.08. The zero-order valence-corrected chi connectivity index (χ0v) is 11.9. The molecular weight excluding hydrogens is 274 g/mol. The molecule has 0 fully saturated rings. The van der Waals surface area contributed by atoms with Crippen LogP contribution in [-0.2, 0) is 4.79 Å². The Bertz CT molecular complexity index is 583. The lowest BCUT2D eigenvalue weighted by molar-refractivity contribution is -0.120. The fraction of sp³-hybridized carbons (Fsp3) is 0.214. The number of nitrogens with zero attached hydrogens (tertiary/aromatic N) is 2. The summed E-state index contributed by atoms with van der Waals surface area (Å²) >= 11 is 1.23. The van der Waals surface area contributed by atoms with E-state index in [0.29, 0.717) is 17.7 Å². The van der Waals surface area contributed by atoms with Crippen molar-refractivity contribution in [1.29, 1.82) is 0 Å². The smallest absolute Gasteiger partial charge is 0.277 e. The van der Waals surface area contributed by atoms with Gasteiger partial charge in [0.15, 0.2) is 0 Å². The molecule has 1 atom stereocenters. The van der Waals surface area contributed by atoms with Crippen LogP contribution in [0.1, 0.15) is 6.92 Å². The van der Waals surface area contributed by atoms with Crippen LogP contribution < -0.4 is 5.32 Å². The van der Waals surface area contributed by atoms with Crippen LogP contribution in [-0.4, -0.2) is 27.9 Å². The highest BCUT2D eigenvalue weighted by Gasteiger charge is 2.17. The van der Waals surface area contributed by atoms with Gasteiger partial charge in [-0.1, -0.05) is 36.0 Å². The topological polar surface area (TPSA) is 68.0 Å². The van der Waals surface area contributed by atoms with Crippen molar-refractivity contribution >= 4 is 17.7 Å². The summed E-state index contributed by atoms with van der Waals surface area (Å²) in [5.74, 6) is 0.362. The summed E-state index contributed by atoms with van der Waals surface area (Å²) in [5.41, 5.74) is 0.857. The minimum Gasteiger partial charge on any atom is -0.411 e. The Morgan fingerprint density at radius 2 is 2.20 bits per heavy atom. The molecule has 2 aromatic rings. The van der Waals surface area contributed by atoms with Crippen molar-refractivity contribution in [3.63, 3.8) is 0 Å². The summed E-state index contributed by atoms with van der Waals surface area (Å²) in [4.78, 5) is 11.7. The van der Waals surface area contributed by atoms with E-state index in [1.807, 2.05) is 30.3 Å². The average molecular weight is 289 g/mol. The van der Waals surface area contributed by atoms with Gasteiger partial charge in [-0.05, 0) is 19.1 Å². The lowest BCUT2D eigenvalue weighted by Crippen LogP contribution is -2.30. The van der Waals surface area contributed by atoms with Crippen LogP contribution in [0.5, 0.6) is 0 Å². The number of carbonyl (C=O) groups excluding carboxylic acids is 1. The van der Waals surface area contributed by atoms with Gasteiger partial charge in [0.2, 0.25) is 11.8 Å². The quantitative estimate of drug-likeness (QED) is 0.653. The van der Waals surface area contributed by atoms with E-state index < -0.39 is 0 Å². The maximum atomic E-state index is 11.7. The van der Waals surface area contributed by atoms with Gasteiger partial charge in [-0.25, -0.2) is 0 Å². The third-order valence-corrected chi connectivity index (χ3v) is 3.43. The minimum absolute atomic E-state index is 0.0886. The van der Waals surface area contributed by atoms with Gasteiger partial charge in [0.25, 0.3) is 5.22 Å². The zero-order chi connectivity index (χ0) is 14.4. The molecule has 1 aromatic carbocycles. The van der Waals surface area contributed by atoms with E-state index >= 15 is 0 Å². The molecule has 1 aromatic heterocycles. The molecule has 1 amide bonds. The molecule has 2 rings (SSSR count). The minimum atomic E-state index is -0.306. The van der Waals surface area contributed by atoms with Gasteiger partial charge in [-0.3, -0.25) is 4.79 Å². The molecule has 20 heavy (non-hydrogen) atoms. The molecule has 0 saturated carbocycles. The van der Waals surface area contributed by atoms with Crippen molar-refractivity contribution in [2.45, 2.75) is 17.4 Å². The zero-order valence-electron chi connectivity index (χ0n) is 11.1. The lowest BCUT2D eigenvalue weighted by Gasteiger charge is -2.07. The molecule has 0 saturated heterocycles. The summed E-state index contributed by atoms with van der Waals surface area (Å²) in [7, 11) is 0. The summed E-state index contributed by atoms with van der Waals surface area (Å²) in [6.45, 7) is 5.78. The van der Waals surface area contributed by atoms with Crippen LogP contribution in [0, 0.1) is 0 Å². The Morgan fingerprint density at radius 1 is 1.45 bits per heavy atom. The van der Waals surface area contributed by atoms with E-state index in [0.717, 1.165) is 5.56 Å². The number of benzene rings is 1. The molecule has 0 spiro atoms. The highest BCUT2D eigenvalue weighted by Crippen LogP contribution is 2.25. The second-order valence-electron chi connectivity index (χ2n) is 4.03. The van der Waals surface area contributed by atoms with Crippen molar-refractivity contribution in [3.05, 3.63) is 43.0 Å². The van der Waals surface area contributed by atoms with Gasteiger partial charge in [0, 0.05) is 12.1 Å². The Labute approximate surface area is 121 Å². The van der Waals surface area contributed by atoms with Gasteiger partial charge in [0.1, 0.15) is 0 Å². The number of aromatic nitrogens is 2. The predicted molar refractivity (Wildman–Crippen MR) is 78.3 cm³/mol. The third-order valence-electron chi connectivity index (χ3n) is 2.49. The first-order valence-corrected chi connectivity index (χ1v) is 7.03. The van der Waals surface area contributed by atoms with E-state index in [4.69, 9.17) is 4.42 Å². The molecule has 6 heteroatoms. The number of thioether (sulfide) groups is 1. The van der Waals surface area contributed by atoms with Crippen LogP contribution >= 0.6 is 11.8 Å². The van der Waals surface area contributed by atoms with Crippen molar-refractivity contribution < 1.29 is 9.21 Å². The van der Waals surface area contributed by atoms with Crippen LogP contribution in [0.15, 0.2) is 52.6 Å². The number of amides is 1. The van der Waals surface area contributed by atoms with Crippen LogP contribution in [0.4, 0.5) is 0 Å². The van der Waals surface area contributed by atoms with Gasteiger partial charge >= 0.3 is 0 Å². The summed E-state index contributed by atoms with van der Waals surface area (Å²) in [6, 6.07) is 9.50. The first kappa shape index (κ1) is 14.3. The van der Waals surface area contributed by atoms with Gasteiger partial charge < -0.3 is 9.73 Å². The summed E-state index contributed by atoms with van der Waals surface area (Å²) in [5, 5.41) is 10.7. The Morgan fingerprint density at radius 3 is 2.90 bits per heavy atom. The molecule has 5 nitrogen and oxygen atoms in total. The largest absolute Gasteiger partial charge is 0.411 e. The van der Waals surface area contributed by atoms with Crippen molar-refractivity contribution in [1.82, 2.24) is 15.5 Å². The van der Waals surface area contributed by atoms with Gasteiger partial charge in [-0.15, -0.1) is 16.8 Å². The first-order valence-electron chi connectivity index (χ1n) is 6.15. The second kappa shape index (κ2) is 6.91. The molecule has 104 valence electrons. The Balaban J connectivity index is 1.99. The van der Waals surface area contributed by atoms with Crippen LogP contribution in [0.3, 0.4) is 0 Å². The van der Waals surface area contributed by atoms with Gasteiger partial charge in [0.05, 0.1) is 5.25 Å². The van der Waals surface area contributed by atoms with E-state index in [1.165, 1.54) is 11.8 Å². The standard InChI is InChI=1S/C14H15N3O2S/c1-3-9-15-12(18)10(2)20-14-17-16-13(19-14)11-7-5-4-6-8-11/h3-8,10H,1,9H2,2H3,(H,15,18). The molecular formula is C14H15N3O2S. The van der Waals surface area contributed by atoms with Crippen LogP contribution in [0.2, 0.25) is 0 Å². The van der Waals surface area contributed by atoms with E-state index in [1.54, 1.807) is 13.0 Å². The molecule has 0 aliphatic rings. The van der Waals surface area contributed by atoms with Crippen LogP contribution in [0.25, 0.3) is 11.5 Å². The highest BCUT2D eigenvalue weighted by molar-refractivity contribution is 8.00. The summed E-state index contributed by atoms with van der Waals surface area (Å²) in [6.07, 6.45) is 1.63. The van der Waals surface area contributed by atoms with Gasteiger partial charge in [-0.2, -0.15) is 0 Å². The van der Waals surface area contributed by atoms with E-state index in [-0.39, 0.29) is 11.2 Å². The fourth-order valence-corrected chi connectivity index (χ4v) is 2.18. The first-order chi connectivity index (χ1) is 9.70. The van der Waals surface area contributed by atoms with E-state index in [9.17, 15) is 4.79 Å². The number of hydrogen-bond acceptors (Lipinski definition) is 5. The molecule has 1 heterocycles. The number of rotatable bonds is 6. The monoisotopic (exact) mass is 289 g/mol.